The van der Waals surface area contributed by atoms with Gasteiger partial charge >= 0.3 is 0 Å². The summed E-state index contributed by atoms with van der Waals surface area (Å²) in [5.41, 5.74) is 3.80. The van der Waals surface area contributed by atoms with E-state index in [1.807, 2.05) is 41.0 Å². The molecule has 0 unspecified atom stereocenters. The zero-order valence-electron chi connectivity index (χ0n) is 17.3. The fourth-order valence-corrected chi connectivity index (χ4v) is 3.97. The topological polar surface area (TPSA) is 67.2 Å². The van der Waals surface area contributed by atoms with Crippen LogP contribution >= 0.6 is 0 Å². The second kappa shape index (κ2) is 8.26. The van der Waals surface area contributed by atoms with E-state index in [0.717, 1.165) is 16.6 Å². The van der Waals surface area contributed by atoms with Gasteiger partial charge < -0.3 is 14.8 Å². The van der Waals surface area contributed by atoms with E-state index < -0.39 is 0 Å². The molecular weight excluding hydrogens is 407 g/mol. The first-order valence-electron chi connectivity index (χ1n) is 10.4. The van der Waals surface area contributed by atoms with E-state index in [1.165, 1.54) is 12.1 Å². The normalized spacial score (nSPS) is 13.3. The molecule has 4 aromatic rings. The molecule has 7 heteroatoms. The molecule has 0 saturated heterocycles. The summed E-state index contributed by atoms with van der Waals surface area (Å²) in [6, 6.07) is 21.1. The molecule has 160 valence electrons. The maximum Gasteiger partial charge on any atom is 0.290 e. The third-order valence-electron chi connectivity index (χ3n) is 5.67. The van der Waals surface area contributed by atoms with Gasteiger partial charge in [-0.3, -0.25) is 9.59 Å². The van der Waals surface area contributed by atoms with E-state index in [0.29, 0.717) is 43.1 Å². The Morgan fingerprint density at radius 3 is 2.53 bits per heavy atom. The van der Waals surface area contributed by atoms with E-state index in [1.54, 1.807) is 29.2 Å². The van der Waals surface area contributed by atoms with E-state index in [9.17, 15) is 14.0 Å². The summed E-state index contributed by atoms with van der Waals surface area (Å²) in [6.07, 6.45) is 0. The largest absolute Gasteiger partial charge is 0.348 e. The lowest BCUT2D eigenvalue weighted by atomic mass is 10.1. The lowest BCUT2D eigenvalue weighted by molar-refractivity contribution is 0.0685. The number of nitrogens with one attached hydrogen (secondary N) is 1. The second-order valence-electron chi connectivity index (χ2n) is 7.81. The number of aromatic nitrogens is 2. The number of fused-ring (bicyclic) bond motifs is 3. The molecule has 2 amide bonds. The maximum atomic E-state index is 13.0. The van der Waals surface area contributed by atoms with Crippen LogP contribution in [0.1, 0.15) is 32.1 Å². The second-order valence-corrected chi connectivity index (χ2v) is 7.81. The summed E-state index contributed by atoms with van der Waals surface area (Å²) in [7, 11) is 0. The van der Waals surface area contributed by atoms with Gasteiger partial charge in [-0.05, 0) is 41.5 Å². The molecule has 1 aliphatic rings. The zero-order chi connectivity index (χ0) is 22.1. The average Bonchev–Trinajstić information content (AvgIpc) is 3.20. The number of nitrogens with zero attached hydrogens (tertiary/aromatic N) is 3. The highest BCUT2D eigenvalue weighted by molar-refractivity contribution is 6.00. The summed E-state index contributed by atoms with van der Waals surface area (Å²) in [5.74, 6) is -0.282. The number of amides is 2. The number of imidazole rings is 1. The number of hydrogen-bond acceptors (Lipinski definition) is 3. The van der Waals surface area contributed by atoms with Gasteiger partial charge in [0.1, 0.15) is 5.82 Å². The number of carbonyl (C=O) groups is 2. The van der Waals surface area contributed by atoms with Gasteiger partial charge in [0.2, 0.25) is 0 Å². The van der Waals surface area contributed by atoms with Gasteiger partial charge in [-0.15, -0.1) is 0 Å². The van der Waals surface area contributed by atoms with Crippen LogP contribution in [0, 0.1) is 5.82 Å². The van der Waals surface area contributed by atoms with E-state index in [2.05, 4.69) is 10.3 Å². The van der Waals surface area contributed by atoms with Gasteiger partial charge in [-0.2, -0.15) is 0 Å². The first-order chi connectivity index (χ1) is 15.6. The molecular formula is C25H21FN4O2. The lowest BCUT2D eigenvalue weighted by Crippen LogP contribution is -2.39. The van der Waals surface area contributed by atoms with Crippen molar-refractivity contribution in [3.63, 3.8) is 0 Å². The van der Waals surface area contributed by atoms with Crippen LogP contribution in [-0.4, -0.2) is 32.8 Å². The predicted octanol–water partition coefficient (Wildman–Crippen LogP) is 3.76. The smallest absolute Gasteiger partial charge is 0.290 e. The van der Waals surface area contributed by atoms with Crippen molar-refractivity contribution in [3.05, 3.63) is 101 Å². The van der Waals surface area contributed by atoms with Gasteiger partial charge in [0.25, 0.3) is 11.8 Å². The highest BCUT2D eigenvalue weighted by Gasteiger charge is 2.28. The minimum Gasteiger partial charge on any atom is -0.348 e. The van der Waals surface area contributed by atoms with Gasteiger partial charge in [0.15, 0.2) is 5.82 Å². The van der Waals surface area contributed by atoms with Crippen molar-refractivity contribution in [2.24, 2.45) is 0 Å². The Morgan fingerprint density at radius 1 is 0.969 bits per heavy atom. The molecule has 1 aliphatic heterocycles. The van der Waals surface area contributed by atoms with Crippen LogP contribution in [0.4, 0.5) is 4.39 Å². The Kier molecular flexibility index (Phi) is 5.15. The first kappa shape index (κ1) is 19.9. The molecule has 0 spiro atoms. The fourth-order valence-electron chi connectivity index (χ4n) is 3.97. The maximum absolute atomic E-state index is 13.0. The average molecular weight is 428 g/mol. The van der Waals surface area contributed by atoms with Crippen LogP contribution in [0.5, 0.6) is 0 Å². The Hall–Kier alpha value is -4.00. The molecule has 0 atom stereocenters. The third-order valence-corrected chi connectivity index (χ3v) is 5.67. The molecule has 0 aliphatic carbocycles. The Balaban J connectivity index is 1.34. The van der Waals surface area contributed by atoms with Crippen LogP contribution in [0.15, 0.2) is 72.8 Å². The minimum atomic E-state index is -0.314. The van der Waals surface area contributed by atoms with Crippen molar-refractivity contribution in [2.45, 2.75) is 19.6 Å². The molecule has 32 heavy (non-hydrogen) atoms. The molecule has 3 aromatic carbocycles. The van der Waals surface area contributed by atoms with Crippen LogP contribution in [0.25, 0.3) is 11.0 Å². The van der Waals surface area contributed by atoms with Crippen LogP contribution < -0.4 is 5.32 Å². The summed E-state index contributed by atoms with van der Waals surface area (Å²) in [5, 5.41) is 2.83. The Labute approximate surface area is 184 Å². The van der Waals surface area contributed by atoms with Gasteiger partial charge in [-0.1, -0.05) is 42.5 Å². The summed E-state index contributed by atoms with van der Waals surface area (Å²) in [6.45, 7) is 2.09. The zero-order valence-corrected chi connectivity index (χ0v) is 17.3. The highest BCUT2D eigenvalue weighted by atomic mass is 19.1. The molecule has 0 saturated carbocycles. The third kappa shape index (κ3) is 3.85. The Morgan fingerprint density at radius 2 is 1.75 bits per heavy atom. The van der Waals surface area contributed by atoms with Gasteiger partial charge in [0, 0.05) is 31.7 Å². The first-order valence-corrected chi connectivity index (χ1v) is 10.4. The summed E-state index contributed by atoms with van der Waals surface area (Å²) in [4.78, 5) is 32.0. The van der Waals surface area contributed by atoms with Crippen molar-refractivity contribution in [3.8, 4) is 0 Å². The van der Waals surface area contributed by atoms with E-state index in [4.69, 9.17) is 0 Å². The fraction of sp³-hybridized carbons (Fsp3) is 0.160. The molecule has 1 aromatic heterocycles. The minimum absolute atomic E-state index is 0.112. The summed E-state index contributed by atoms with van der Waals surface area (Å²) < 4.78 is 14.9. The van der Waals surface area contributed by atoms with E-state index >= 15 is 0 Å². The van der Waals surface area contributed by atoms with Crippen LogP contribution in [0.3, 0.4) is 0 Å². The molecule has 5 rings (SSSR count). The number of benzene rings is 3. The number of carbonyl (C=O) groups excluding carboxylic acids is 2. The van der Waals surface area contributed by atoms with Crippen LogP contribution in [0.2, 0.25) is 0 Å². The molecule has 0 fully saturated rings. The number of hydrogen-bond donors (Lipinski definition) is 1. The predicted molar refractivity (Wildman–Crippen MR) is 118 cm³/mol. The molecule has 1 N–H and O–H groups in total. The van der Waals surface area contributed by atoms with Crippen molar-refractivity contribution >= 4 is 22.8 Å². The highest BCUT2D eigenvalue weighted by Crippen LogP contribution is 2.23. The lowest BCUT2D eigenvalue weighted by Gasteiger charge is -2.27. The SMILES string of the molecule is O=C(NCc1ccc(F)cc1)c1ccc2c(c1)nc1n2CCN(Cc2ccccc2)C1=O. The monoisotopic (exact) mass is 428 g/mol. The van der Waals surface area contributed by atoms with Crippen molar-refractivity contribution in [1.29, 1.82) is 0 Å². The van der Waals surface area contributed by atoms with Crippen molar-refractivity contribution in [1.82, 2.24) is 19.8 Å². The number of halogens is 1. The molecule has 0 bridgehead atoms. The van der Waals surface area contributed by atoms with Gasteiger partial charge in [0.05, 0.1) is 11.0 Å². The quantitative estimate of drug-likeness (QED) is 0.526. The molecule has 2 heterocycles. The standard InChI is InChI=1S/C25H21FN4O2/c26-20-9-6-17(7-10-20)15-27-24(31)19-8-11-22-21(14-19)28-23-25(32)29(12-13-30(22)23)16-18-4-2-1-3-5-18/h1-11,14H,12-13,15-16H2,(H,27,31). The van der Waals surface area contributed by atoms with Crippen molar-refractivity contribution in [2.75, 3.05) is 6.54 Å². The Bertz CT molecular complexity index is 1300. The van der Waals surface area contributed by atoms with Gasteiger partial charge in [-0.25, -0.2) is 9.37 Å². The summed E-state index contributed by atoms with van der Waals surface area (Å²) >= 11 is 0. The molecule has 6 nitrogen and oxygen atoms in total. The van der Waals surface area contributed by atoms with E-state index in [-0.39, 0.29) is 17.6 Å². The molecule has 0 radical (unpaired) electrons. The number of rotatable bonds is 5. The van der Waals surface area contributed by atoms with Crippen LogP contribution in [-0.2, 0) is 19.6 Å². The van der Waals surface area contributed by atoms with Crippen molar-refractivity contribution < 1.29 is 14.0 Å².